The number of carbonyl (C=O) groups is 1. The molecule has 0 aromatic rings. The molecular weight excluding hydrogens is 250 g/mol. The number of hydrogen-bond donors (Lipinski definition) is 2. The van der Waals surface area contributed by atoms with Crippen molar-refractivity contribution in [3.8, 4) is 0 Å². The van der Waals surface area contributed by atoms with Gasteiger partial charge in [0.25, 0.3) is 0 Å². The van der Waals surface area contributed by atoms with Crippen molar-refractivity contribution in [1.82, 2.24) is 15.5 Å². The van der Waals surface area contributed by atoms with Gasteiger partial charge in [-0.1, -0.05) is 39.5 Å². The first-order chi connectivity index (χ1) is 9.72. The molecule has 1 saturated heterocycles. The van der Waals surface area contributed by atoms with Gasteiger partial charge in [0.05, 0.1) is 0 Å². The van der Waals surface area contributed by atoms with E-state index in [1.165, 1.54) is 25.7 Å². The van der Waals surface area contributed by atoms with Gasteiger partial charge in [-0.05, 0) is 25.2 Å². The third kappa shape index (κ3) is 4.37. The lowest BCUT2D eigenvalue weighted by atomic mass is 10.0. The third-order valence-electron chi connectivity index (χ3n) is 5.10. The minimum Gasteiger partial charge on any atom is -0.338 e. The molecule has 2 fully saturated rings. The van der Waals surface area contributed by atoms with E-state index in [0.29, 0.717) is 12.0 Å². The van der Waals surface area contributed by atoms with Crippen molar-refractivity contribution in [2.24, 2.45) is 5.92 Å². The maximum atomic E-state index is 11.9. The van der Waals surface area contributed by atoms with Gasteiger partial charge in [0.2, 0.25) is 0 Å². The summed E-state index contributed by atoms with van der Waals surface area (Å²) in [5.74, 6) is 0.610. The van der Waals surface area contributed by atoms with Crippen LogP contribution in [0.4, 0.5) is 4.79 Å². The highest BCUT2D eigenvalue weighted by Crippen LogP contribution is 2.26. The van der Waals surface area contributed by atoms with Crippen LogP contribution < -0.4 is 10.6 Å². The molecule has 1 aliphatic heterocycles. The summed E-state index contributed by atoms with van der Waals surface area (Å²) in [6, 6.07) is 1.15. The number of likely N-dealkylation sites (tertiary alicyclic amines) is 1. The molecule has 1 aliphatic carbocycles. The van der Waals surface area contributed by atoms with E-state index in [0.717, 1.165) is 44.9 Å². The molecule has 20 heavy (non-hydrogen) atoms. The highest BCUT2D eigenvalue weighted by atomic mass is 16.2. The van der Waals surface area contributed by atoms with Gasteiger partial charge in [-0.2, -0.15) is 0 Å². The maximum absolute atomic E-state index is 11.9. The molecule has 1 atom stereocenters. The summed E-state index contributed by atoms with van der Waals surface area (Å²) in [6.45, 7) is 7.37. The number of hydrogen-bond acceptors (Lipinski definition) is 2. The molecule has 0 spiro atoms. The largest absolute Gasteiger partial charge is 0.338 e. The second-order valence-electron chi connectivity index (χ2n) is 6.46. The van der Waals surface area contributed by atoms with Crippen molar-refractivity contribution in [2.45, 2.75) is 70.9 Å². The molecule has 2 N–H and O–H groups in total. The van der Waals surface area contributed by atoms with Crippen LogP contribution in [-0.4, -0.2) is 42.6 Å². The zero-order chi connectivity index (χ0) is 14.4. The summed E-state index contributed by atoms with van der Waals surface area (Å²) >= 11 is 0. The number of rotatable bonds is 6. The van der Waals surface area contributed by atoms with Crippen LogP contribution in [0.1, 0.15) is 58.8 Å². The second-order valence-corrected chi connectivity index (χ2v) is 6.46. The fourth-order valence-corrected chi connectivity index (χ4v) is 3.56. The standard InChI is InChI=1S/C16H31N3O/c1-3-13(4-2)11-17-16(20)18-14-9-10-19(12-14)15-7-5-6-8-15/h13-15H,3-12H2,1-2H3,(H2,17,18,20). The Bertz CT molecular complexity index is 298. The highest BCUT2D eigenvalue weighted by Gasteiger charge is 2.30. The third-order valence-corrected chi connectivity index (χ3v) is 5.10. The first-order valence-corrected chi connectivity index (χ1v) is 8.51. The normalized spacial score (nSPS) is 24.4. The zero-order valence-corrected chi connectivity index (χ0v) is 13.2. The van der Waals surface area contributed by atoms with E-state index >= 15 is 0 Å². The minimum absolute atomic E-state index is 0.0233. The zero-order valence-electron chi connectivity index (χ0n) is 13.2. The molecule has 1 saturated carbocycles. The molecule has 0 aromatic heterocycles. The van der Waals surface area contributed by atoms with Crippen molar-refractivity contribution in [3.63, 3.8) is 0 Å². The Balaban J connectivity index is 1.65. The highest BCUT2D eigenvalue weighted by molar-refractivity contribution is 5.74. The van der Waals surface area contributed by atoms with E-state index in [-0.39, 0.29) is 6.03 Å². The van der Waals surface area contributed by atoms with Crippen LogP contribution >= 0.6 is 0 Å². The SMILES string of the molecule is CCC(CC)CNC(=O)NC1CCN(C2CCCC2)C1. The molecule has 2 aliphatic rings. The smallest absolute Gasteiger partial charge is 0.315 e. The summed E-state index contributed by atoms with van der Waals surface area (Å²) in [4.78, 5) is 14.5. The molecule has 1 heterocycles. The Morgan fingerprint density at radius 2 is 1.90 bits per heavy atom. The fourth-order valence-electron chi connectivity index (χ4n) is 3.56. The van der Waals surface area contributed by atoms with Crippen molar-refractivity contribution in [3.05, 3.63) is 0 Å². The number of nitrogens with zero attached hydrogens (tertiary/aromatic N) is 1. The molecular formula is C16H31N3O. The van der Waals surface area contributed by atoms with Gasteiger partial charge >= 0.3 is 6.03 Å². The van der Waals surface area contributed by atoms with Crippen molar-refractivity contribution in [2.75, 3.05) is 19.6 Å². The van der Waals surface area contributed by atoms with Crippen molar-refractivity contribution < 1.29 is 4.79 Å². The van der Waals surface area contributed by atoms with Crippen LogP contribution in [0.15, 0.2) is 0 Å². The summed E-state index contributed by atoms with van der Waals surface area (Å²) in [6.07, 6.45) is 8.85. The van der Waals surface area contributed by atoms with Crippen molar-refractivity contribution in [1.29, 1.82) is 0 Å². The molecule has 4 nitrogen and oxygen atoms in total. The summed E-state index contributed by atoms with van der Waals surface area (Å²) in [7, 11) is 0. The van der Waals surface area contributed by atoms with E-state index in [4.69, 9.17) is 0 Å². The van der Waals surface area contributed by atoms with E-state index in [1.54, 1.807) is 0 Å². The maximum Gasteiger partial charge on any atom is 0.315 e. The van der Waals surface area contributed by atoms with Gasteiger partial charge in [0.1, 0.15) is 0 Å². The Labute approximate surface area is 123 Å². The van der Waals surface area contributed by atoms with Gasteiger partial charge in [0, 0.05) is 31.7 Å². The lowest BCUT2D eigenvalue weighted by Gasteiger charge is -2.23. The van der Waals surface area contributed by atoms with Gasteiger partial charge in [-0.25, -0.2) is 4.79 Å². The van der Waals surface area contributed by atoms with Crippen LogP contribution in [0.5, 0.6) is 0 Å². The van der Waals surface area contributed by atoms with Gasteiger partial charge in [0.15, 0.2) is 0 Å². The lowest BCUT2D eigenvalue weighted by molar-refractivity contribution is 0.226. The van der Waals surface area contributed by atoms with E-state index in [1.807, 2.05) is 0 Å². The number of urea groups is 1. The van der Waals surface area contributed by atoms with Crippen LogP contribution in [0.25, 0.3) is 0 Å². The monoisotopic (exact) mass is 281 g/mol. The van der Waals surface area contributed by atoms with Crippen LogP contribution in [0.2, 0.25) is 0 Å². The molecule has 4 heteroatoms. The average molecular weight is 281 g/mol. The topological polar surface area (TPSA) is 44.4 Å². The molecule has 1 unspecified atom stereocenters. The first-order valence-electron chi connectivity index (χ1n) is 8.51. The quantitative estimate of drug-likeness (QED) is 0.786. The van der Waals surface area contributed by atoms with E-state index in [2.05, 4.69) is 29.4 Å². The van der Waals surface area contributed by atoms with Gasteiger partial charge < -0.3 is 10.6 Å². The number of carbonyl (C=O) groups excluding carboxylic acids is 1. The Kier molecular flexibility index (Phi) is 6.14. The summed E-state index contributed by atoms with van der Waals surface area (Å²) in [5.41, 5.74) is 0. The van der Waals surface area contributed by atoms with Crippen LogP contribution in [0.3, 0.4) is 0 Å². The van der Waals surface area contributed by atoms with E-state index in [9.17, 15) is 4.79 Å². The van der Waals surface area contributed by atoms with Gasteiger partial charge in [-0.15, -0.1) is 0 Å². The molecule has 0 radical (unpaired) electrons. The molecule has 0 bridgehead atoms. The summed E-state index contributed by atoms with van der Waals surface area (Å²) < 4.78 is 0. The average Bonchev–Trinajstić information content (AvgIpc) is 3.10. The van der Waals surface area contributed by atoms with E-state index < -0.39 is 0 Å². The number of amides is 2. The second kappa shape index (κ2) is 7.87. The predicted molar refractivity (Wildman–Crippen MR) is 82.8 cm³/mol. The molecule has 116 valence electrons. The predicted octanol–water partition coefficient (Wildman–Crippen LogP) is 2.74. The minimum atomic E-state index is 0.0233. The fraction of sp³-hybridized carbons (Fsp3) is 0.938. The Morgan fingerprint density at radius 3 is 2.55 bits per heavy atom. The molecule has 0 aromatic carbocycles. The van der Waals surface area contributed by atoms with Gasteiger partial charge in [-0.3, -0.25) is 4.90 Å². The van der Waals surface area contributed by atoms with Crippen LogP contribution in [0, 0.1) is 5.92 Å². The Morgan fingerprint density at radius 1 is 1.20 bits per heavy atom. The first kappa shape index (κ1) is 15.6. The molecule has 2 amide bonds. The Hall–Kier alpha value is -0.770. The van der Waals surface area contributed by atoms with Crippen LogP contribution in [-0.2, 0) is 0 Å². The van der Waals surface area contributed by atoms with Crippen molar-refractivity contribution >= 4 is 6.03 Å². The lowest BCUT2D eigenvalue weighted by Crippen LogP contribution is -2.45. The molecule has 2 rings (SSSR count). The number of nitrogens with one attached hydrogen (secondary N) is 2. The summed E-state index contributed by atoms with van der Waals surface area (Å²) in [5, 5.41) is 6.17.